The number of thioether (sulfide) groups is 1. The maximum absolute atomic E-state index is 12.9. The Labute approximate surface area is 196 Å². The summed E-state index contributed by atoms with van der Waals surface area (Å²) >= 11 is 1.50. The van der Waals surface area contributed by atoms with Crippen molar-refractivity contribution in [2.75, 3.05) is 38.3 Å². The van der Waals surface area contributed by atoms with Crippen LogP contribution in [0.1, 0.15) is 23.5 Å². The lowest BCUT2D eigenvalue weighted by Crippen LogP contribution is -2.51. The third kappa shape index (κ3) is 6.06. The third-order valence-corrected chi connectivity index (χ3v) is 6.20. The molecule has 0 saturated heterocycles. The van der Waals surface area contributed by atoms with E-state index in [1.165, 1.54) is 11.8 Å². The largest absolute Gasteiger partial charge is 0.480 e. The highest BCUT2D eigenvalue weighted by Gasteiger charge is 2.31. The van der Waals surface area contributed by atoms with Crippen LogP contribution < -0.4 is 5.32 Å². The van der Waals surface area contributed by atoms with Crippen LogP contribution in [0.2, 0.25) is 0 Å². The minimum atomic E-state index is -1.19. The van der Waals surface area contributed by atoms with Gasteiger partial charge in [-0.05, 0) is 40.7 Å². The van der Waals surface area contributed by atoms with E-state index in [4.69, 9.17) is 9.84 Å². The third-order valence-electron chi connectivity index (χ3n) is 5.55. The molecule has 1 atom stereocenters. The van der Waals surface area contributed by atoms with Crippen molar-refractivity contribution in [3.63, 3.8) is 0 Å². The number of hydrogen-bond donors (Lipinski definition) is 3. The predicted molar refractivity (Wildman–Crippen MR) is 126 cm³/mol. The molecule has 176 valence electrons. The number of nitrogens with zero attached hydrogens (tertiary/aromatic N) is 1. The molecule has 1 aliphatic carbocycles. The molecule has 1 aliphatic rings. The summed E-state index contributed by atoms with van der Waals surface area (Å²) in [5.74, 6) is -1.28. The molecule has 0 saturated carbocycles. The quantitative estimate of drug-likeness (QED) is 0.460. The second-order valence-electron chi connectivity index (χ2n) is 7.68. The number of benzene rings is 2. The Morgan fingerprint density at radius 2 is 1.70 bits per heavy atom. The standard InChI is InChI=1S/C24H28N2O6S/c1-33-13-10-21(23(30)26(11-12-27)14-22(28)29)25-24(31)32-15-20-18-8-4-2-6-16(18)17-7-3-5-9-19(17)20/h2-9,20-21,27H,10-15H2,1H3,(H,25,31)(H,28,29)/t21-/m1/s1. The Kier molecular flexibility index (Phi) is 8.73. The molecule has 0 fully saturated rings. The van der Waals surface area contributed by atoms with Crippen LogP contribution in [0.3, 0.4) is 0 Å². The van der Waals surface area contributed by atoms with Crippen LogP contribution in [0, 0.1) is 0 Å². The van der Waals surface area contributed by atoms with Gasteiger partial charge in [0, 0.05) is 12.5 Å². The van der Waals surface area contributed by atoms with Gasteiger partial charge in [-0.3, -0.25) is 9.59 Å². The molecule has 2 aromatic carbocycles. The van der Waals surface area contributed by atoms with Crippen LogP contribution in [0.25, 0.3) is 11.1 Å². The lowest BCUT2D eigenvalue weighted by atomic mass is 9.98. The zero-order chi connectivity index (χ0) is 23.8. The van der Waals surface area contributed by atoms with Gasteiger partial charge in [-0.15, -0.1) is 0 Å². The first-order valence-electron chi connectivity index (χ1n) is 10.7. The summed E-state index contributed by atoms with van der Waals surface area (Å²) in [6.07, 6.45) is 1.44. The molecule has 0 aromatic heterocycles. The van der Waals surface area contributed by atoms with Crippen LogP contribution in [0.5, 0.6) is 0 Å². The van der Waals surface area contributed by atoms with Crippen molar-refractivity contribution in [1.82, 2.24) is 10.2 Å². The van der Waals surface area contributed by atoms with Gasteiger partial charge in [0.05, 0.1) is 6.61 Å². The molecule has 0 radical (unpaired) electrons. The molecule has 0 heterocycles. The van der Waals surface area contributed by atoms with E-state index >= 15 is 0 Å². The average Bonchev–Trinajstić information content (AvgIpc) is 3.13. The number of carbonyl (C=O) groups is 3. The first-order valence-corrected chi connectivity index (χ1v) is 12.1. The van der Waals surface area contributed by atoms with Crippen LogP contribution >= 0.6 is 11.8 Å². The topological polar surface area (TPSA) is 116 Å². The number of alkyl carbamates (subject to hydrolysis) is 1. The van der Waals surface area contributed by atoms with Gasteiger partial charge in [0.1, 0.15) is 19.2 Å². The summed E-state index contributed by atoms with van der Waals surface area (Å²) in [5, 5.41) is 20.9. The molecule has 2 aromatic rings. The molecule has 2 amide bonds. The van der Waals surface area contributed by atoms with Gasteiger partial charge in [0.2, 0.25) is 5.91 Å². The van der Waals surface area contributed by atoms with Crippen LogP contribution in [-0.4, -0.2) is 77.4 Å². The lowest BCUT2D eigenvalue weighted by molar-refractivity contribution is -0.145. The molecule has 8 nitrogen and oxygen atoms in total. The number of carbonyl (C=O) groups excluding carboxylic acids is 2. The smallest absolute Gasteiger partial charge is 0.407 e. The van der Waals surface area contributed by atoms with Gasteiger partial charge in [0.15, 0.2) is 0 Å². The molecular weight excluding hydrogens is 444 g/mol. The first kappa shape index (κ1) is 24.6. The number of aliphatic hydroxyl groups is 1. The number of aliphatic carboxylic acids is 1. The molecular formula is C24H28N2O6S. The summed E-state index contributed by atoms with van der Waals surface area (Å²) in [6, 6.07) is 15.0. The zero-order valence-corrected chi connectivity index (χ0v) is 19.2. The van der Waals surface area contributed by atoms with E-state index in [1.54, 1.807) is 0 Å². The van der Waals surface area contributed by atoms with Gasteiger partial charge >= 0.3 is 12.1 Å². The maximum atomic E-state index is 12.9. The summed E-state index contributed by atoms with van der Waals surface area (Å²) in [6.45, 7) is -0.952. The highest BCUT2D eigenvalue weighted by atomic mass is 32.2. The molecule has 9 heteroatoms. The second kappa shape index (κ2) is 11.7. The molecule has 0 bridgehead atoms. The van der Waals surface area contributed by atoms with E-state index in [0.29, 0.717) is 12.2 Å². The fourth-order valence-corrected chi connectivity index (χ4v) is 4.52. The van der Waals surface area contributed by atoms with Crippen molar-refractivity contribution in [2.24, 2.45) is 0 Å². The summed E-state index contributed by atoms with van der Waals surface area (Å²) in [7, 11) is 0. The Morgan fingerprint density at radius 1 is 1.09 bits per heavy atom. The predicted octanol–water partition coefficient (Wildman–Crippen LogP) is 2.55. The average molecular weight is 473 g/mol. The number of ether oxygens (including phenoxy) is 1. The molecule has 0 unspecified atom stereocenters. The summed E-state index contributed by atoms with van der Waals surface area (Å²) < 4.78 is 5.53. The van der Waals surface area contributed by atoms with Crippen LogP contribution in [-0.2, 0) is 14.3 Å². The number of aliphatic hydroxyl groups excluding tert-OH is 1. The van der Waals surface area contributed by atoms with E-state index in [1.807, 2.05) is 54.8 Å². The molecule has 0 spiro atoms. The Balaban J connectivity index is 1.68. The number of nitrogens with one attached hydrogen (secondary N) is 1. The summed E-state index contributed by atoms with van der Waals surface area (Å²) in [5.41, 5.74) is 4.39. The van der Waals surface area contributed by atoms with E-state index in [-0.39, 0.29) is 25.7 Å². The van der Waals surface area contributed by atoms with E-state index in [2.05, 4.69) is 5.32 Å². The fourth-order valence-electron chi connectivity index (χ4n) is 4.05. The van der Waals surface area contributed by atoms with Crippen LogP contribution in [0.15, 0.2) is 48.5 Å². The highest BCUT2D eigenvalue weighted by Crippen LogP contribution is 2.44. The van der Waals surface area contributed by atoms with Crippen molar-refractivity contribution in [1.29, 1.82) is 0 Å². The number of hydrogen-bond acceptors (Lipinski definition) is 6. The van der Waals surface area contributed by atoms with Crippen molar-refractivity contribution >= 4 is 29.7 Å². The van der Waals surface area contributed by atoms with Crippen molar-refractivity contribution < 1.29 is 29.3 Å². The lowest BCUT2D eigenvalue weighted by Gasteiger charge is -2.26. The number of carboxylic acid groups (broad SMARTS) is 1. The zero-order valence-electron chi connectivity index (χ0n) is 18.4. The fraction of sp³-hybridized carbons (Fsp3) is 0.375. The van der Waals surface area contributed by atoms with Gasteiger partial charge in [0.25, 0.3) is 0 Å². The van der Waals surface area contributed by atoms with Crippen molar-refractivity contribution in [2.45, 2.75) is 18.4 Å². The first-order chi connectivity index (χ1) is 16.0. The van der Waals surface area contributed by atoms with Crippen molar-refractivity contribution in [3.8, 4) is 11.1 Å². The number of rotatable bonds is 11. The van der Waals surface area contributed by atoms with Crippen LogP contribution in [0.4, 0.5) is 4.79 Å². The molecule has 33 heavy (non-hydrogen) atoms. The minimum absolute atomic E-state index is 0.110. The molecule has 0 aliphatic heterocycles. The highest BCUT2D eigenvalue weighted by molar-refractivity contribution is 7.98. The maximum Gasteiger partial charge on any atom is 0.407 e. The second-order valence-corrected chi connectivity index (χ2v) is 8.67. The van der Waals surface area contributed by atoms with Gasteiger partial charge in [-0.1, -0.05) is 48.5 Å². The number of fused-ring (bicyclic) bond motifs is 3. The van der Waals surface area contributed by atoms with E-state index in [9.17, 15) is 19.5 Å². The SMILES string of the molecule is CSCC[C@@H](NC(=O)OCC1c2ccccc2-c2ccccc21)C(=O)N(CCO)CC(=O)O. The minimum Gasteiger partial charge on any atom is -0.480 e. The Hall–Kier alpha value is -3.04. The Morgan fingerprint density at radius 3 is 2.24 bits per heavy atom. The van der Waals surface area contributed by atoms with Crippen molar-refractivity contribution in [3.05, 3.63) is 59.7 Å². The molecule has 3 N–H and O–H groups in total. The monoisotopic (exact) mass is 472 g/mol. The van der Waals surface area contributed by atoms with E-state index in [0.717, 1.165) is 27.2 Å². The van der Waals surface area contributed by atoms with E-state index < -0.39 is 30.6 Å². The molecule has 3 rings (SSSR count). The van der Waals surface area contributed by atoms with Gasteiger partial charge in [-0.25, -0.2) is 4.79 Å². The Bertz CT molecular complexity index is 953. The van der Waals surface area contributed by atoms with Gasteiger partial charge < -0.3 is 25.2 Å². The van der Waals surface area contributed by atoms with Gasteiger partial charge in [-0.2, -0.15) is 11.8 Å². The number of amides is 2. The normalized spacial score (nSPS) is 13.0. The summed E-state index contributed by atoms with van der Waals surface area (Å²) in [4.78, 5) is 37.6. The number of carboxylic acids is 1.